The third-order valence-corrected chi connectivity index (χ3v) is 7.95. The molecule has 1 aromatic heterocycles. The maximum absolute atomic E-state index is 13.0. The van der Waals surface area contributed by atoms with Gasteiger partial charge in [0.1, 0.15) is 15.7 Å². The molecule has 160 valence electrons. The predicted octanol–water partition coefficient (Wildman–Crippen LogP) is 7.45. The lowest BCUT2D eigenvalue weighted by molar-refractivity contribution is 0.226. The number of nitrogens with zero attached hydrogens (tertiary/aromatic N) is 3. The van der Waals surface area contributed by atoms with E-state index in [9.17, 15) is 19.4 Å². The van der Waals surface area contributed by atoms with Crippen LogP contribution in [0, 0.1) is 5.41 Å². The van der Waals surface area contributed by atoms with Gasteiger partial charge in [-0.2, -0.15) is 0 Å². The normalized spacial score (nSPS) is 21.8. The zero-order chi connectivity index (χ0) is 20.8. The fourth-order valence-electron chi connectivity index (χ4n) is 4.26. The van der Waals surface area contributed by atoms with Crippen molar-refractivity contribution >= 4 is 27.8 Å². The first-order chi connectivity index (χ1) is 13.4. The Kier molecular flexibility index (Phi) is 4.62. The van der Waals surface area contributed by atoms with E-state index in [1.165, 1.54) is 37.9 Å². The van der Waals surface area contributed by atoms with Crippen LogP contribution in [0.5, 0.6) is 0 Å². The number of rotatable bonds is 4. The van der Waals surface area contributed by atoms with Crippen molar-refractivity contribution in [2.75, 3.05) is 18.0 Å². The Morgan fingerprint density at radius 2 is 1.59 bits per heavy atom. The molecule has 10 heteroatoms. The highest BCUT2D eigenvalue weighted by atomic mass is 32.5. The molecule has 1 aliphatic carbocycles. The van der Waals surface area contributed by atoms with Gasteiger partial charge < -0.3 is 4.90 Å². The lowest BCUT2D eigenvalue weighted by atomic mass is 9.77. The van der Waals surface area contributed by atoms with E-state index in [0.717, 1.165) is 49.6 Å². The smallest absolute Gasteiger partial charge is 0.310 e. The van der Waals surface area contributed by atoms with Gasteiger partial charge in [-0.25, -0.2) is 9.97 Å². The number of hydrogen-bond donors (Lipinski definition) is 0. The summed E-state index contributed by atoms with van der Waals surface area (Å²) in [5.74, 6) is 0.739. The largest absolute Gasteiger partial charge is 0.355 e. The molecular formula is C19H22F5N3S2. The topological polar surface area (TPSA) is 29.0 Å². The van der Waals surface area contributed by atoms with Gasteiger partial charge in [-0.3, -0.25) is 0 Å². The molecule has 4 rings (SSSR count). The van der Waals surface area contributed by atoms with Crippen LogP contribution in [0.3, 0.4) is 0 Å². The summed E-state index contributed by atoms with van der Waals surface area (Å²) >= 11 is 0.879. The number of anilines is 1. The maximum Gasteiger partial charge on any atom is 0.310 e. The molecule has 1 saturated heterocycles. The highest BCUT2D eigenvalue weighted by Crippen LogP contribution is 3.02. The van der Waals surface area contributed by atoms with E-state index in [1.54, 1.807) is 6.20 Å². The fourth-order valence-corrected chi connectivity index (χ4v) is 5.80. The van der Waals surface area contributed by atoms with Crippen LogP contribution >= 0.6 is 22.0 Å². The van der Waals surface area contributed by atoms with Crippen molar-refractivity contribution in [2.24, 2.45) is 5.41 Å². The molecule has 2 aliphatic rings. The monoisotopic (exact) mass is 451 g/mol. The van der Waals surface area contributed by atoms with Gasteiger partial charge in [0.25, 0.3) is 0 Å². The molecular weight excluding hydrogens is 429 g/mol. The molecule has 2 aromatic rings. The molecule has 0 amide bonds. The first-order valence-electron chi connectivity index (χ1n) is 9.52. The highest BCUT2D eigenvalue weighted by molar-refractivity contribution is 8.45. The van der Waals surface area contributed by atoms with Crippen LogP contribution < -0.4 is 4.90 Å². The van der Waals surface area contributed by atoms with Crippen molar-refractivity contribution < 1.29 is 19.4 Å². The lowest BCUT2D eigenvalue weighted by Crippen LogP contribution is -2.39. The van der Waals surface area contributed by atoms with Crippen molar-refractivity contribution in [1.29, 1.82) is 0 Å². The third kappa shape index (κ3) is 4.79. The molecule has 0 N–H and O–H groups in total. The maximum atomic E-state index is 13.0. The van der Waals surface area contributed by atoms with Crippen molar-refractivity contribution in [3.8, 4) is 0 Å². The predicted molar refractivity (Wildman–Crippen MR) is 106 cm³/mol. The van der Waals surface area contributed by atoms with E-state index in [2.05, 4.69) is 14.9 Å². The average molecular weight is 452 g/mol. The Morgan fingerprint density at radius 1 is 0.897 bits per heavy atom. The number of piperidine rings is 1. The molecule has 3 nitrogen and oxygen atoms in total. The second-order valence-corrected chi connectivity index (χ2v) is 11.5. The first kappa shape index (κ1) is 20.7. The molecule has 1 aromatic carbocycles. The highest BCUT2D eigenvalue weighted by Gasteiger charge is 2.65. The van der Waals surface area contributed by atoms with Crippen LogP contribution in [0.4, 0.5) is 25.2 Å². The Hall–Kier alpha value is -1.55. The summed E-state index contributed by atoms with van der Waals surface area (Å²) < 4.78 is 65.0. The number of hydrogen-bond acceptors (Lipinski definition) is 4. The Labute approximate surface area is 170 Å². The van der Waals surface area contributed by atoms with Crippen LogP contribution in [-0.2, 0) is 0 Å². The van der Waals surface area contributed by atoms with Crippen molar-refractivity contribution in [3.05, 3.63) is 36.7 Å². The van der Waals surface area contributed by atoms with Gasteiger partial charge >= 0.3 is 10.2 Å². The Balaban J connectivity index is 1.43. The van der Waals surface area contributed by atoms with Gasteiger partial charge in [-0.1, -0.05) is 50.1 Å². The molecule has 2 heterocycles. The minimum absolute atomic E-state index is 0.0407. The van der Waals surface area contributed by atoms with E-state index >= 15 is 0 Å². The molecule has 0 unspecified atom stereocenters. The van der Waals surface area contributed by atoms with Gasteiger partial charge in [0.15, 0.2) is 0 Å². The summed E-state index contributed by atoms with van der Waals surface area (Å²) in [4.78, 5) is 8.98. The van der Waals surface area contributed by atoms with Crippen LogP contribution in [0.25, 0.3) is 0 Å². The van der Waals surface area contributed by atoms with E-state index in [4.69, 9.17) is 0 Å². The molecule has 0 bridgehead atoms. The molecule has 29 heavy (non-hydrogen) atoms. The fraction of sp³-hybridized carbons (Fsp3) is 0.474. The van der Waals surface area contributed by atoms with Crippen LogP contribution in [-0.4, -0.2) is 23.1 Å². The van der Waals surface area contributed by atoms with Crippen molar-refractivity contribution in [2.45, 2.75) is 53.3 Å². The van der Waals surface area contributed by atoms with E-state index in [0.29, 0.717) is 22.6 Å². The van der Waals surface area contributed by atoms with Gasteiger partial charge in [-0.05, 0) is 49.3 Å². The van der Waals surface area contributed by atoms with Crippen LogP contribution in [0.15, 0.2) is 51.5 Å². The molecule has 1 spiro atoms. The van der Waals surface area contributed by atoms with E-state index in [1.807, 2.05) is 0 Å². The summed E-state index contributed by atoms with van der Waals surface area (Å²) in [5, 5.41) is 0.359. The van der Waals surface area contributed by atoms with Crippen LogP contribution in [0.1, 0.15) is 38.5 Å². The number of aromatic nitrogens is 2. The number of halogens is 5. The quantitative estimate of drug-likeness (QED) is 0.452. The zero-order valence-corrected chi connectivity index (χ0v) is 17.3. The summed E-state index contributed by atoms with van der Waals surface area (Å²) in [5.41, 5.74) is 0.494. The third-order valence-electron chi connectivity index (χ3n) is 5.90. The SMILES string of the molecule is FS(F)(F)(F)(F)c1cccc(Sc2cnc(N3CCC4(CCCC4)CC3)cn2)c1. The minimum atomic E-state index is -9.69. The van der Waals surface area contributed by atoms with Crippen molar-refractivity contribution in [1.82, 2.24) is 9.97 Å². The zero-order valence-electron chi connectivity index (χ0n) is 15.7. The standard InChI is InChI=1S/C19H22F5N3S2/c20-29(21,22,23,24)16-5-3-4-15(12-16)28-18-14-25-17(13-26-18)27-10-8-19(9-11-27)6-1-2-7-19/h3-5,12-14H,1-2,6-11H2. The number of benzene rings is 1. The lowest BCUT2D eigenvalue weighted by Gasteiger charge is -2.40. The van der Waals surface area contributed by atoms with Gasteiger partial charge in [0.05, 0.1) is 12.4 Å². The molecule has 1 aliphatic heterocycles. The van der Waals surface area contributed by atoms with Crippen molar-refractivity contribution in [3.63, 3.8) is 0 Å². The van der Waals surface area contributed by atoms with E-state index < -0.39 is 15.1 Å². The minimum Gasteiger partial charge on any atom is -0.355 e. The van der Waals surface area contributed by atoms with Gasteiger partial charge in [0, 0.05) is 18.0 Å². The molecule has 1 saturated carbocycles. The summed E-state index contributed by atoms with van der Waals surface area (Å²) in [7, 11) is -9.69. The van der Waals surface area contributed by atoms with E-state index in [-0.39, 0.29) is 4.90 Å². The molecule has 0 atom stereocenters. The summed E-state index contributed by atoms with van der Waals surface area (Å²) in [6.45, 7) is 1.85. The molecule has 2 fully saturated rings. The van der Waals surface area contributed by atoms with Gasteiger partial charge in [-0.15, -0.1) is 0 Å². The summed E-state index contributed by atoms with van der Waals surface area (Å²) in [6.07, 6.45) is 10.6. The van der Waals surface area contributed by atoms with Gasteiger partial charge in [0.2, 0.25) is 0 Å². The van der Waals surface area contributed by atoms with Crippen LogP contribution in [0.2, 0.25) is 0 Å². The Bertz CT molecular complexity index is 887. The molecule has 0 radical (unpaired) electrons. The second kappa shape index (κ2) is 6.47. The Morgan fingerprint density at radius 3 is 2.17 bits per heavy atom. The first-order valence-corrected chi connectivity index (χ1v) is 12.3. The second-order valence-electron chi connectivity index (χ2n) is 7.95. The summed E-state index contributed by atoms with van der Waals surface area (Å²) in [6, 6.07) is 3.18. The average Bonchev–Trinajstić information content (AvgIpc) is 3.10.